The molecule has 5 rings (SSSR count). The Morgan fingerprint density at radius 2 is 1.00 bits per heavy atom. The van der Waals surface area contributed by atoms with Crippen molar-refractivity contribution in [2.75, 3.05) is 0 Å². The van der Waals surface area contributed by atoms with Crippen LogP contribution in [0.15, 0.2) is 103 Å². The number of hydrogen-bond donors (Lipinski definition) is 0. The molecule has 29 heavy (non-hydrogen) atoms. The lowest BCUT2D eigenvalue weighted by atomic mass is 9.96. The van der Waals surface area contributed by atoms with E-state index in [0.29, 0.717) is 11.0 Å². The van der Waals surface area contributed by atoms with E-state index in [4.69, 9.17) is 16.6 Å². The third-order valence-corrected chi connectivity index (χ3v) is 5.25. The minimum atomic E-state index is 0.469. The number of benzene rings is 4. The van der Waals surface area contributed by atoms with Gasteiger partial charge < -0.3 is 0 Å². The summed E-state index contributed by atoms with van der Waals surface area (Å²) in [6.07, 6.45) is 0. The van der Waals surface area contributed by atoms with Gasteiger partial charge >= 0.3 is 0 Å². The van der Waals surface area contributed by atoms with Crippen LogP contribution in [0.5, 0.6) is 0 Å². The van der Waals surface area contributed by atoms with Gasteiger partial charge in [-0.05, 0) is 52.6 Å². The quantitative estimate of drug-likeness (QED) is 0.301. The largest absolute Gasteiger partial charge is 0.228 e. The smallest absolute Gasteiger partial charge is 0.161 e. The standard InChI is InChI=1S/C26H17ClN2/c27-25-23-13-7-8-14-24(23)28-26(29-25)22-16-20(18-9-3-1-4-10-18)15-21(17-22)19-11-5-2-6-12-19/h1-17H. The van der Waals surface area contributed by atoms with E-state index >= 15 is 0 Å². The molecule has 3 heteroatoms. The van der Waals surface area contributed by atoms with Crippen LogP contribution in [-0.2, 0) is 0 Å². The highest BCUT2D eigenvalue weighted by molar-refractivity contribution is 6.34. The molecule has 1 heterocycles. The van der Waals surface area contributed by atoms with E-state index < -0.39 is 0 Å². The SMILES string of the molecule is Clc1nc(-c2cc(-c3ccccc3)cc(-c3ccccc3)c2)nc2ccccc12. The molecule has 0 bridgehead atoms. The van der Waals surface area contributed by atoms with Crippen molar-refractivity contribution in [2.45, 2.75) is 0 Å². The van der Waals surface area contributed by atoms with Crippen molar-refractivity contribution in [1.29, 1.82) is 0 Å². The van der Waals surface area contributed by atoms with E-state index in [1.54, 1.807) is 0 Å². The predicted molar refractivity (Wildman–Crippen MR) is 121 cm³/mol. The third kappa shape index (κ3) is 3.51. The van der Waals surface area contributed by atoms with Crippen LogP contribution in [0.1, 0.15) is 0 Å². The Labute approximate surface area is 174 Å². The van der Waals surface area contributed by atoms with Crippen LogP contribution in [0, 0.1) is 0 Å². The average Bonchev–Trinajstić information content (AvgIpc) is 2.80. The summed E-state index contributed by atoms with van der Waals surface area (Å²) in [5.74, 6) is 0.628. The van der Waals surface area contributed by atoms with E-state index in [1.807, 2.05) is 60.7 Å². The first-order valence-corrected chi connectivity index (χ1v) is 9.84. The maximum Gasteiger partial charge on any atom is 0.161 e. The van der Waals surface area contributed by atoms with Gasteiger partial charge in [0.1, 0.15) is 5.15 Å². The second kappa shape index (κ2) is 7.50. The summed E-state index contributed by atoms with van der Waals surface area (Å²) in [6.45, 7) is 0. The van der Waals surface area contributed by atoms with Gasteiger partial charge in [-0.15, -0.1) is 0 Å². The third-order valence-electron chi connectivity index (χ3n) is 4.96. The molecule has 2 nitrogen and oxygen atoms in total. The number of rotatable bonds is 3. The first-order valence-electron chi connectivity index (χ1n) is 9.46. The van der Waals surface area contributed by atoms with Gasteiger partial charge in [-0.1, -0.05) is 84.4 Å². The number of hydrogen-bond acceptors (Lipinski definition) is 2. The number of halogens is 1. The van der Waals surface area contributed by atoms with Crippen LogP contribution >= 0.6 is 11.6 Å². The van der Waals surface area contributed by atoms with Gasteiger partial charge in [0, 0.05) is 10.9 Å². The number of fused-ring (bicyclic) bond motifs is 1. The summed E-state index contributed by atoms with van der Waals surface area (Å²) in [4.78, 5) is 9.38. The first-order chi connectivity index (χ1) is 14.3. The Hall–Kier alpha value is -3.49. The molecule has 0 unspecified atom stereocenters. The van der Waals surface area contributed by atoms with Crippen LogP contribution < -0.4 is 0 Å². The Morgan fingerprint density at radius 1 is 0.483 bits per heavy atom. The molecule has 0 saturated heterocycles. The molecule has 0 fully saturated rings. The molecular formula is C26H17ClN2. The van der Waals surface area contributed by atoms with Crippen LogP contribution in [-0.4, -0.2) is 9.97 Å². The molecule has 4 aromatic carbocycles. The van der Waals surface area contributed by atoms with Gasteiger partial charge in [-0.2, -0.15) is 0 Å². The fraction of sp³-hybridized carbons (Fsp3) is 0. The highest BCUT2D eigenvalue weighted by Crippen LogP contribution is 2.33. The summed E-state index contributed by atoms with van der Waals surface area (Å²) in [5, 5.41) is 1.33. The van der Waals surface area contributed by atoms with Gasteiger partial charge in [0.25, 0.3) is 0 Å². The van der Waals surface area contributed by atoms with Crippen molar-refractivity contribution in [1.82, 2.24) is 9.97 Å². The molecule has 0 N–H and O–H groups in total. The number of nitrogens with zero attached hydrogens (tertiary/aromatic N) is 2. The van der Waals surface area contributed by atoms with Gasteiger partial charge in [0.2, 0.25) is 0 Å². The Balaban J connectivity index is 1.74. The maximum absolute atomic E-state index is 6.47. The molecule has 5 aromatic rings. The predicted octanol–water partition coefficient (Wildman–Crippen LogP) is 7.28. The lowest BCUT2D eigenvalue weighted by molar-refractivity contribution is 1.23. The maximum atomic E-state index is 6.47. The number of para-hydroxylation sites is 1. The van der Waals surface area contributed by atoms with Crippen molar-refractivity contribution < 1.29 is 0 Å². The second-order valence-corrected chi connectivity index (χ2v) is 7.24. The van der Waals surface area contributed by atoms with Crippen molar-refractivity contribution >= 4 is 22.5 Å². The summed E-state index contributed by atoms with van der Waals surface area (Å²) in [7, 11) is 0. The Kier molecular flexibility index (Phi) is 4.55. The normalized spacial score (nSPS) is 10.9. The molecule has 0 aliphatic carbocycles. The molecule has 0 aliphatic rings. The summed E-state index contributed by atoms with van der Waals surface area (Å²) < 4.78 is 0. The van der Waals surface area contributed by atoms with Crippen molar-refractivity contribution in [3.05, 3.63) is 108 Å². The average molecular weight is 393 g/mol. The van der Waals surface area contributed by atoms with E-state index in [0.717, 1.165) is 38.7 Å². The van der Waals surface area contributed by atoms with E-state index in [9.17, 15) is 0 Å². The topological polar surface area (TPSA) is 25.8 Å². The van der Waals surface area contributed by atoms with Gasteiger partial charge in [0.15, 0.2) is 5.82 Å². The first kappa shape index (κ1) is 17.6. The summed E-state index contributed by atoms with van der Waals surface area (Å²) in [6, 6.07) is 35.0. The molecular weight excluding hydrogens is 376 g/mol. The molecule has 0 saturated carbocycles. The molecule has 0 amide bonds. The van der Waals surface area contributed by atoms with Crippen molar-refractivity contribution in [3.8, 4) is 33.6 Å². The molecule has 0 aliphatic heterocycles. The minimum Gasteiger partial charge on any atom is -0.228 e. The van der Waals surface area contributed by atoms with E-state index in [-0.39, 0.29) is 0 Å². The monoisotopic (exact) mass is 392 g/mol. The van der Waals surface area contributed by atoms with E-state index in [1.165, 1.54) is 0 Å². The van der Waals surface area contributed by atoms with E-state index in [2.05, 4.69) is 47.4 Å². The molecule has 138 valence electrons. The Morgan fingerprint density at radius 3 is 1.62 bits per heavy atom. The lowest BCUT2D eigenvalue weighted by Gasteiger charge is -2.11. The van der Waals surface area contributed by atoms with Crippen molar-refractivity contribution in [2.24, 2.45) is 0 Å². The summed E-state index contributed by atoms with van der Waals surface area (Å²) in [5.41, 5.74) is 6.33. The van der Waals surface area contributed by atoms with Crippen LogP contribution in [0.25, 0.3) is 44.5 Å². The zero-order valence-corrected chi connectivity index (χ0v) is 16.3. The summed E-state index contributed by atoms with van der Waals surface area (Å²) >= 11 is 6.47. The molecule has 0 radical (unpaired) electrons. The number of aromatic nitrogens is 2. The second-order valence-electron chi connectivity index (χ2n) is 6.89. The van der Waals surface area contributed by atoms with Gasteiger partial charge in [-0.3, -0.25) is 0 Å². The molecule has 1 aromatic heterocycles. The van der Waals surface area contributed by atoms with Crippen LogP contribution in [0.2, 0.25) is 5.15 Å². The van der Waals surface area contributed by atoms with Gasteiger partial charge in [-0.25, -0.2) is 9.97 Å². The minimum absolute atomic E-state index is 0.469. The van der Waals surface area contributed by atoms with Crippen molar-refractivity contribution in [3.63, 3.8) is 0 Å². The zero-order valence-electron chi connectivity index (χ0n) is 15.6. The highest BCUT2D eigenvalue weighted by atomic mass is 35.5. The Bertz CT molecular complexity index is 1240. The highest BCUT2D eigenvalue weighted by Gasteiger charge is 2.11. The fourth-order valence-electron chi connectivity index (χ4n) is 3.52. The van der Waals surface area contributed by atoms with Crippen LogP contribution in [0.4, 0.5) is 0 Å². The molecule has 0 spiro atoms. The lowest BCUT2D eigenvalue weighted by Crippen LogP contribution is -1.93. The van der Waals surface area contributed by atoms with Gasteiger partial charge in [0.05, 0.1) is 5.52 Å². The van der Waals surface area contributed by atoms with Crippen LogP contribution in [0.3, 0.4) is 0 Å². The molecule has 0 atom stereocenters. The zero-order chi connectivity index (χ0) is 19.6. The fourth-order valence-corrected chi connectivity index (χ4v) is 3.76.